The first-order valence-corrected chi connectivity index (χ1v) is 11.5. The Morgan fingerprint density at radius 3 is 2.06 bits per heavy atom. The van der Waals surface area contributed by atoms with Gasteiger partial charge in [-0.15, -0.1) is 0 Å². The summed E-state index contributed by atoms with van der Waals surface area (Å²) in [5.41, 5.74) is 2.10. The van der Waals surface area contributed by atoms with Gasteiger partial charge >= 0.3 is 0 Å². The largest absolute Gasteiger partial charge is 0.339 e. The third kappa shape index (κ3) is 5.14. The van der Waals surface area contributed by atoms with Gasteiger partial charge in [-0.2, -0.15) is 4.98 Å². The van der Waals surface area contributed by atoms with Crippen molar-refractivity contribution in [2.24, 2.45) is 0 Å². The average molecular weight is 488 g/mol. The Morgan fingerprint density at radius 1 is 0.833 bits per heavy atom. The van der Waals surface area contributed by atoms with Crippen LogP contribution in [0.1, 0.15) is 45.4 Å². The van der Waals surface area contributed by atoms with E-state index in [-0.39, 0.29) is 29.4 Å². The highest BCUT2D eigenvalue weighted by Crippen LogP contribution is 2.29. The van der Waals surface area contributed by atoms with E-state index in [0.29, 0.717) is 60.0 Å². The zero-order chi connectivity index (χ0) is 25.1. The minimum absolute atomic E-state index is 0.0317. The van der Waals surface area contributed by atoms with Gasteiger partial charge in [0.15, 0.2) is 0 Å². The summed E-state index contributed by atoms with van der Waals surface area (Å²) in [6, 6.07) is 17.9. The first kappa shape index (κ1) is 23.3. The molecule has 0 spiro atoms. The summed E-state index contributed by atoms with van der Waals surface area (Å²) in [7, 11) is 0. The smallest absolute Gasteiger partial charge is 0.255 e. The lowest BCUT2D eigenvalue weighted by atomic mass is 9.96. The predicted octanol–water partition coefficient (Wildman–Crippen LogP) is 5.29. The third-order valence-corrected chi connectivity index (χ3v) is 6.17. The molecule has 1 aliphatic heterocycles. The Bertz CT molecular complexity index is 1360. The number of aromatic nitrogens is 2. The van der Waals surface area contributed by atoms with Gasteiger partial charge in [-0.3, -0.25) is 9.59 Å². The molecule has 3 aromatic carbocycles. The monoisotopic (exact) mass is 488 g/mol. The first-order valence-electron chi connectivity index (χ1n) is 11.5. The van der Waals surface area contributed by atoms with Gasteiger partial charge < -0.3 is 14.7 Å². The van der Waals surface area contributed by atoms with Crippen LogP contribution in [0.4, 0.5) is 14.5 Å². The quantitative estimate of drug-likeness (QED) is 0.413. The molecule has 7 nitrogen and oxygen atoms in total. The fraction of sp³-hybridized carbons (Fsp3) is 0.185. The van der Waals surface area contributed by atoms with E-state index in [2.05, 4.69) is 15.5 Å². The van der Waals surface area contributed by atoms with Crippen LogP contribution in [0.3, 0.4) is 0 Å². The molecule has 4 aromatic rings. The number of amides is 2. The third-order valence-electron chi connectivity index (χ3n) is 6.17. The number of likely N-dealkylation sites (tertiary alicyclic amines) is 1. The second kappa shape index (κ2) is 10.1. The van der Waals surface area contributed by atoms with Crippen LogP contribution in [-0.2, 0) is 0 Å². The molecule has 0 radical (unpaired) electrons. The number of nitrogens with zero attached hydrogens (tertiary/aromatic N) is 3. The minimum Gasteiger partial charge on any atom is -0.339 e. The number of nitrogens with one attached hydrogen (secondary N) is 1. The maximum atomic E-state index is 13.1. The highest BCUT2D eigenvalue weighted by Gasteiger charge is 2.28. The maximum Gasteiger partial charge on any atom is 0.255 e. The molecule has 0 bridgehead atoms. The molecular weight excluding hydrogens is 466 g/mol. The van der Waals surface area contributed by atoms with Crippen molar-refractivity contribution in [1.82, 2.24) is 15.0 Å². The number of anilines is 1. The highest BCUT2D eigenvalue weighted by atomic mass is 19.1. The van der Waals surface area contributed by atoms with E-state index in [4.69, 9.17) is 4.52 Å². The van der Waals surface area contributed by atoms with Gasteiger partial charge in [0.2, 0.25) is 11.7 Å². The predicted molar refractivity (Wildman–Crippen MR) is 128 cm³/mol. The molecule has 1 N–H and O–H groups in total. The van der Waals surface area contributed by atoms with E-state index in [1.807, 2.05) is 0 Å². The van der Waals surface area contributed by atoms with Gasteiger partial charge in [-0.1, -0.05) is 17.3 Å². The zero-order valence-corrected chi connectivity index (χ0v) is 19.2. The SMILES string of the molecule is O=C(Nc1ccc(F)cc1)c1ccc(-c2noc(C3CCN(C(=O)c4ccc(F)cc4)CC3)n2)cc1. The Labute approximate surface area is 205 Å². The Hall–Kier alpha value is -4.40. The number of hydrogen-bond donors (Lipinski definition) is 1. The first-order chi connectivity index (χ1) is 17.5. The summed E-state index contributed by atoms with van der Waals surface area (Å²) in [6.45, 7) is 1.08. The van der Waals surface area contributed by atoms with E-state index in [1.54, 1.807) is 29.2 Å². The van der Waals surface area contributed by atoms with Crippen molar-refractivity contribution in [3.8, 4) is 11.4 Å². The molecule has 36 heavy (non-hydrogen) atoms. The molecule has 0 aliphatic carbocycles. The molecule has 5 rings (SSSR count). The molecule has 2 heterocycles. The zero-order valence-electron chi connectivity index (χ0n) is 19.2. The van der Waals surface area contributed by atoms with Crippen molar-refractivity contribution in [3.05, 3.63) is 101 Å². The molecule has 0 unspecified atom stereocenters. The van der Waals surface area contributed by atoms with Crippen molar-refractivity contribution in [1.29, 1.82) is 0 Å². The lowest BCUT2D eigenvalue weighted by Gasteiger charge is -2.30. The Morgan fingerprint density at radius 2 is 1.42 bits per heavy atom. The molecule has 2 amide bonds. The van der Waals surface area contributed by atoms with Crippen molar-refractivity contribution in [2.75, 3.05) is 18.4 Å². The maximum absolute atomic E-state index is 13.1. The summed E-state index contributed by atoms with van der Waals surface area (Å²) in [6.07, 6.45) is 1.36. The fourth-order valence-electron chi connectivity index (χ4n) is 4.13. The molecule has 9 heteroatoms. The van der Waals surface area contributed by atoms with Crippen LogP contribution in [0.2, 0.25) is 0 Å². The number of carbonyl (C=O) groups is 2. The summed E-state index contributed by atoms with van der Waals surface area (Å²) < 4.78 is 31.7. The number of hydrogen-bond acceptors (Lipinski definition) is 5. The molecule has 182 valence electrons. The lowest BCUT2D eigenvalue weighted by Crippen LogP contribution is -2.38. The van der Waals surface area contributed by atoms with Crippen LogP contribution in [0.5, 0.6) is 0 Å². The number of carbonyl (C=O) groups excluding carboxylic acids is 2. The van der Waals surface area contributed by atoms with E-state index in [9.17, 15) is 18.4 Å². The summed E-state index contributed by atoms with van der Waals surface area (Å²) in [5, 5.41) is 6.80. The second-order valence-corrected chi connectivity index (χ2v) is 8.57. The highest BCUT2D eigenvalue weighted by molar-refractivity contribution is 6.04. The summed E-state index contributed by atoms with van der Waals surface area (Å²) >= 11 is 0. The molecule has 1 saturated heterocycles. The Kier molecular flexibility index (Phi) is 6.53. The minimum atomic E-state index is -0.375. The fourth-order valence-corrected chi connectivity index (χ4v) is 4.13. The van der Waals surface area contributed by atoms with Crippen LogP contribution >= 0.6 is 0 Å². The molecule has 1 fully saturated rings. The van der Waals surface area contributed by atoms with Crippen LogP contribution < -0.4 is 5.32 Å². The van der Waals surface area contributed by atoms with Crippen LogP contribution in [0, 0.1) is 11.6 Å². The number of piperidine rings is 1. The molecule has 1 aromatic heterocycles. The van der Waals surface area contributed by atoms with Crippen molar-refractivity contribution >= 4 is 17.5 Å². The molecule has 0 saturated carbocycles. The average Bonchev–Trinajstić information content (AvgIpc) is 3.41. The van der Waals surface area contributed by atoms with Crippen molar-refractivity contribution in [2.45, 2.75) is 18.8 Å². The number of benzene rings is 3. The van der Waals surface area contributed by atoms with E-state index < -0.39 is 0 Å². The van der Waals surface area contributed by atoms with E-state index >= 15 is 0 Å². The number of rotatable bonds is 5. The second-order valence-electron chi connectivity index (χ2n) is 8.57. The lowest BCUT2D eigenvalue weighted by molar-refractivity contribution is 0.0704. The summed E-state index contributed by atoms with van der Waals surface area (Å²) in [5.74, 6) is -0.227. The Balaban J connectivity index is 1.19. The molecule has 0 atom stereocenters. The molecular formula is C27H22F2N4O3. The number of halogens is 2. The van der Waals surface area contributed by atoms with Gasteiger partial charge in [0.05, 0.1) is 0 Å². The van der Waals surface area contributed by atoms with Crippen LogP contribution in [-0.4, -0.2) is 39.9 Å². The standard InChI is InChI=1S/C27H22F2N4O3/c28-21-7-5-20(6-8-21)27(35)33-15-13-19(14-16-33)26-31-24(32-36-26)17-1-3-18(4-2-17)25(34)30-23-11-9-22(29)10-12-23/h1-12,19H,13-16H2,(H,30,34). The normalized spacial score (nSPS) is 14.0. The topological polar surface area (TPSA) is 88.3 Å². The van der Waals surface area contributed by atoms with Gasteiger partial charge in [0.25, 0.3) is 11.8 Å². The van der Waals surface area contributed by atoms with Gasteiger partial charge in [0.1, 0.15) is 11.6 Å². The molecule has 1 aliphatic rings. The van der Waals surface area contributed by atoms with Gasteiger partial charge in [-0.05, 0) is 73.5 Å². The van der Waals surface area contributed by atoms with Crippen molar-refractivity contribution < 1.29 is 22.9 Å². The van der Waals surface area contributed by atoms with Crippen LogP contribution in [0.25, 0.3) is 11.4 Å². The van der Waals surface area contributed by atoms with E-state index in [0.717, 1.165) is 0 Å². The van der Waals surface area contributed by atoms with Crippen molar-refractivity contribution in [3.63, 3.8) is 0 Å². The van der Waals surface area contributed by atoms with Gasteiger partial charge in [0, 0.05) is 41.4 Å². The van der Waals surface area contributed by atoms with E-state index in [1.165, 1.54) is 48.5 Å². The van der Waals surface area contributed by atoms with Gasteiger partial charge in [-0.25, -0.2) is 8.78 Å². The van der Waals surface area contributed by atoms with Crippen LogP contribution in [0.15, 0.2) is 77.3 Å². The summed E-state index contributed by atoms with van der Waals surface area (Å²) in [4.78, 5) is 31.4.